The summed E-state index contributed by atoms with van der Waals surface area (Å²) in [7, 11) is 0. The SMILES string of the molecule is C=CC[C@H](CC)CC(=O)C1=CC2CC23C=NC(C)=CC3C1. The molecule has 0 aromatic rings. The minimum atomic E-state index is 0.258. The van der Waals surface area contributed by atoms with Crippen molar-refractivity contribution in [3.05, 3.63) is 36.1 Å². The van der Waals surface area contributed by atoms with Crippen LogP contribution in [0.4, 0.5) is 0 Å². The molecule has 0 aromatic heterocycles. The number of nitrogens with zero attached hydrogens (tertiary/aromatic N) is 1. The molecule has 1 saturated carbocycles. The van der Waals surface area contributed by atoms with Crippen LogP contribution in [-0.2, 0) is 4.79 Å². The number of carbonyl (C=O) groups is 1. The summed E-state index contributed by atoms with van der Waals surface area (Å²) in [6, 6.07) is 0. The van der Waals surface area contributed by atoms with Crippen LogP contribution in [0.15, 0.2) is 41.1 Å². The molecule has 1 heterocycles. The average molecular weight is 283 g/mol. The molecule has 2 nitrogen and oxygen atoms in total. The predicted octanol–water partition coefficient (Wildman–Crippen LogP) is 4.49. The monoisotopic (exact) mass is 283 g/mol. The Morgan fingerprint density at radius 2 is 2.33 bits per heavy atom. The molecule has 0 aromatic carbocycles. The highest BCUT2D eigenvalue weighted by atomic mass is 16.1. The van der Waals surface area contributed by atoms with Gasteiger partial charge in [-0.15, -0.1) is 6.58 Å². The van der Waals surface area contributed by atoms with Gasteiger partial charge < -0.3 is 0 Å². The van der Waals surface area contributed by atoms with Crippen molar-refractivity contribution in [2.24, 2.45) is 28.2 Å². The molecular weight excluding hydrogens is 258 g/mol. The lowest BCUT2D eigenvalue weighted by atomic mass is 9.75. The smallest absolute Gasteiger partial charge is 0.158 e. The van der Waals surface area contributed by atoms with Crippen molar-refractivity contribution in [2.75, 3.05) is 0 Å². The van der Waals surface area contributed by atoms with E-state index in [-0.39, 0.29) is 5.41 Å². The Bertz CT molecular complexity index is 554. The summed E-state index contributed by atoms with van der Waals surface area (Å²) in [4.78, 5) is 17.1. The van der Waals surface area contributed by atoms with E-state index in [9.17, 15) is 4.79 Å². The van der Waals surface area contributed by atoms with Gasteiger partial charge in [-0.1, -0.05) is 31.6 Å². The van der Waals surface area contributed by atoms with E-state index in [1.807, 2.05) is 6.08 Å². The van der Waals surface area contributed by atoms with Crippen molar-refractivity contribution in [2.45, 2.75) is 46.0 Å². The first-order valence-corrected chi connectivity index (χ1v) is 8.17. The zero-order chi connectivity index (χ0) is 15.0. The summed E-state index contributed by atoms with van der Waals surface area (Å²) in [6.07, 6.45) is 13.4. The van der Waals surface area contributed by atoms with Crippen molar-refractivity contribution >= 4 is 12.0 Å². The molecular formula is C19H25NO. The van der Waals surface area contributed by atoms with Gasteiger partial charge in [0.25, 0.3) is 0 Å². The molecule has 0 N–H and O–H groups in total. The van der Waals surface area contributed by atoms with E-state index >= 15 is 0 Å². The highest BCUT2D eigenvalue weighted by Gasteiger charge is 2.59. The first-order chi connectivity index (χ1) is 10.1. The van der Waals surface area contributed by atoms with E-state index in [1.54, 1.807) is 0 Å². The molecule has 0 radical (unpaired) electrons. The first-order valence-electron chi connectivity index (χ1n) is 8.17. The fraction of sp³-hybridized carbons (Fsp3) is 0.579. The predicted molar refractivity (Wildman–Crippen MR) is 87.2 cm³/mol. The van der Waals surface area contributed by atoms with Crippen molar-refractivity contribution in [1.82, 2.24) is 0 Å². The summed E-state index contributed by atoms with van der Waals surface area (Å²) < 4.78 is 0. The largest absolute Gasteiger partial charge is 0.295 e. The minimum Gasteiger partial charge on any atom is -0.295 e. The third kappa shape index (κ3) is 2.56. The highest BCUT2D eigenvalue weighted by molar-refractivity contribution is 5.96. The Hall–Kier alpha value is -1.44. The lowest BCUT2D eigenvalue weighted by Gasteiger charge is -2.30. The Morgan fingerprint density at radius 1 is 1.52 bits per heavy atom. The van der Waals surface area contributed by atoms with E-state index in [2.05, 4.69) is 43.8 Å². The molecule has 4 atom stereocenters. The minimum absolute atomic E-state index is 0.258. The third-order valence-corrected chi connectivity index (χ3v) is 5.50. The van der Waals surface area contributed by atoms with Crippen molar-refractivity contribution in [3.63, 3.8) is 0 Å². The van der Waals surface area contributed by atoms with Gasteiger partial charge in [0, 0.05) is 23.7 Å². The second-order valence-electron chi connectivity index (χ2n) is 6.92. The number of hydrogen-bond donors (Lipinski definition) is 0. The second-order valence-corrected chi connectivity index (χ2v) is 6.92. The standard InChI is InChI=1S/C19H25NO/c1-4-6-14(5-2)8-18(21)15-9-16-7-13(3)20-12-19(16)11-17(19)10-15/h4,7,10,12,14,16-17H,1,5-6,8-9,11H2,2-3H3/t14-,16?,17?,19?/m0/s1. The van der Waals surface area contributed by atoms with Crippen molar-refractivity contribution in [3.8, 4) is 0 Å². The van der Waals surface area contributed by atoms with E-state index in [0.717, 1.165) is 30.5 Å². The summed E-state index contributed by atoms with van der Waals surface area (Å²) in [5, 5.41) is 0. The topological polar surface area (TPSA) is 29.4 Å². The van der Waals surface area contributed by atoms with E-state index < -0.39 is 0 Å². The van der Waals surface area contributed by atoms with E-state index in [1.165, 1.54) is 6.42 Å². The van der Waals surface area contributed by atoms with Crippen LogP contribution >= 0.6 is 0 Å². The zero-order valence-corrected chi connectivity index (χ0v) is 13.1. The maximum Gasteiger partial charge on any atom is 0.158 e. The van der Waals surface area contributed by atoms with Crippen molar-refractivity contribution < 1.29 is 4.79 Å². The molecule has 1 fully saturated rings. The summed E-state index contributed by atoms with van der Waals surface area (Å²) in [5.41, 5.74) is 2.43. The van der Waals surface area contributed by atoms with Crippen LogP contribution in [0.3, 0.4) is 0 Å². The average Bonchev–Trinajstić information content (AvgIpc) is 3.18. The second kappa shape index (κ2) is 5.40. The van der Waals surface area contributed by atoms with Crippen LogP contribution in [-0.4, -0.2) is 12.0 Å². The summed E-state index contributed by atoms with van der Waals surface area (Å²) >= 11 is 0. The van der Waals surface area contributed by atoms with Crippen molar-refractivity contribution in [1.29, 1.82) is 0 Å². The highest BCUT2D eigenvalue weighted by Crippen LogP contribution is 2.63. The number of Topliss-reactive ketones (excluding diaryl/α,β-unsaturated/α-hetero) is 1. The van der Waals surface area contributed by atoms with Crippen LogP contribution in [0, 0.1) is 23.2 Å². The molecule has 1 spiro atoms. The maximum atomic E-state index is 12.6. The molecule has 2 aliphatic carbocycles. The quantitative estimate of drug-likeness (QED) is 0.660. The molecule has 3 rings (SSSR count). The van der Waals surface area contributed by atoms with Gasteiger partial charge in [-0.25, -0.2) is 0 Å². The van der Waals surface area contributed by atoms with Crippen LogP contribution in [0.5, 0.6) is 0 Å². The number of carbonyl (C=O) groups excluding carboxylic acids is 1. The number of allylic oxidation sites excluding steroid dienone is 5. The Morgan fingerprint density at radius 3 is 3.05 bits per heavy atom. The van der Waals surface area contributed by atoms with Gasteiger partial charge in [0.05, 0.1) is 0 Å². The normalized spacial score (nSPS) is 34.2. The van der Waals surface area contributed by atoms with Gasteiger partial charge in [-0.3, -0.25) is 9.79 Å². The molecule has 3 aliphatic rings. The Balaban J connectivity index is 1.72. The Labute approximate surface area is 127 Å². The van der Waals surface area contributed by atoms with Crippen LogP contribution in [0.25, 0.3) is 0 Å². The maximum absolute atomic E-state index is 12.6. The summed E-state index contributed by atoms with van der Waals surface area (Å²) in [5.74, 6) is 1.84. The number of hydrogen-bond acceptors (Lipinski definition) is 2. The number of rotatable bonds is 6. The van der Waals surface area contributed by atoms with Gasteiger partial charge in [-0.05, 0) is 49.5 Å². The van der Waals surface area contributed by atoms with Crippen LogP contribution in [0.1, 0.15) is 46.0 Å². The fourth-order valence-corrected chi connectivity index (χ4v) is 3.94. The molecule has 2 heteroatoms. The zero-order valence-electron chi connectivity index (χ0n) is 13.1. The molecule has 0 amide bonds. The molecule has 0 saturated heterocycles. The van der Waals surface area contributed by atoms with Gasteiger partial charge in [0.1, 0.15) is 0 Å². The Kier molecular flexibility index (Phi) is 3.73. The first kappa shape index (κ1) is 14.5. The third-order valence-electron chi connectivity index (χ3n) is 5.50. The number of aliphatic imine (C=N–C) groups is 1. The molecule has 0 bridgehead atoms. The fourth-order valence-electron chi connectivity index (χ4n) is 3.94. The van der Waals surface area contributed by atoms with Crippen LogP contribution < -0.4 is 0 Å². The van der Waals surface area contributed by atoms with Gasteiger partial charge in [0.15, 0.2) is 5.78 Å². The lowest BCUT2D eigenvalue weighted by Crippen LogP contribution is -2.26. The molecule has 21 heavy (non-hydrogen) atoms. The van der Waals surface area contributed by atoms with E-state index in [0.29, 0.717) is 30.0 Å². The molecule has 3 unspecified atom stereocenters. The van der Waals surface area contributed by atoms with Crippen LogP contribution in [0.2, 0.25) is 0 Å². The molecule has 112 valence electrons. The van der Waals surface area contributed by atoms with E-state index in [4.69, 9.17) is 0 Å². The summed E-state index contributed by atoms with van der Waals surface area (Å²) in [6.45, 7) is 8.01. The van der Waals surface area contributed by atoms with Gasteiger partial charge in [-0.2, -0.15) is 0 Å². The van der Waals surface area contributed by atoms with Gasteiger partial charge in [0.2, 0.25) is 0 Å². The number of ketones is 1. The lowest BCUT2D eigenvalue weighted by molar-refractivity contribution is -0.116. The molecule has 1 aliphatic heterocycles. The van der Waals surface area contributed by atoms with Gasteiger partial charge >= 0.3 is 0 Å².